The van der Waals surface area contributed by atoms with Crippen molar-refractivity contribution in [3.63, 3.8) is 0 Å². The molecule has 1 aliphatic rings. The van der Waals surface area contributed by atoms with Crippen molar-refractivity contribution in [3.05, 3.63) is 29.8 Å². The predicted octanol–water partition coefficient (Wildman–Crippen LogP) is 0.0486. The summed E-state index contributed by atoms with van der Waals surface area (Å²) in [5.74, 6) is -1.03. The molecule has 96 valence electrons. The lowest BCUT2D eigenvalue weighted by atomic mass is 10.2. The molecule has 1 fully saturated rings. The number of carbonyl (C=O) groups is 3. The number of benzene rings is 1. The van der Waals surface area contributed by atoms with Gasteiger partial charge in [-0.05, 0) is 18.2 Å². The maximum absolute atomic E-state index is 11.9. The smallest absolute Gasteiger partial charge is 0.308 e. The van der Waals surface area contributed by atoms with Gasteiger partial charge in [0.2, 0.25) is 11.8 Å². The molecule has 1 aliphatic heterocycles. The fraction of sp³-hybridized carbons (Fsp3) is 0.167. The Balaban J connectivity index is 2.06. The van der Waals surface area contributed by atoms with Gasteiger partial charge in [-0.25, -0.2) is 4.79 Å². The lowest BCUT2D eigenvalue weighted by Crippen LogP contribution is -2.54. The lowest BCUT2D eigenvalue weighted by molar-refractivity contribution is -0.134. The van der Waals surface area contributed by atoms with Crippen molar-refractivity contribution >= 4 is 23.5 Å². The Hall–Kier alpha value is -2.88. The van der Waals surface area contributed by atoms with Gasteiger partial charge in [0.15, 0.2) is 0 Å². The summed E-state index contributed by atoms with van der Waals surface area (Å²) in [6, 6.07) is 7.75. The van der Waals surface area contributed by atoms with E-state index in [1.54, 1.807) is 18.2 Å². The summed E-state index contributed by atoms with van der Waals surface area (Å²) in [5, 5.41) is 13.4. The molecule has 0 spiro atoms. The summed E-state index contributed by atoms with van der Waals surface area (Å²) in [6.45, 7) is -0.342. The average Bonchev–Trinajstić information content (AvgIpc) is 2.37. The van der Waals surface area contributed by atoms with Gasteiger partial charge in [0.1, 0.15) is 13.1 Å². The minimum Gasteiger partial charge on any atom is -0.308 e. The number of imide groups is 1. The van der Waals surface area contributed by atoms with Crippen molar-refractivity contribution < 1.29 is 14.4 Å². The van der Waals surface area contributed by atoms with Gasteiger partial charge < -0.3 is 10.2 Å². The van der Waals surface area contributed by atoms with Crippen LogP contribution in [0.15, 0.2) is 24.3 Å². The van der Waals surface area contributed by atoms with Gasteiger partial charge in [-0.3, -0.25) is 14.9 Å². The van der Waals surface area contributed by atoms with Crippen LogP contribution in [-0.4, -0.2) is 35.8 Å². The Labute approximate surface area is 108 Å². The van der Waals surface area contributed by atoms with Crippen LogP contribution in [0.2, 0.25) is 0 Å². The summed E-state index contributed by atoms with van der Waals surface area (Å²) in [5.41, 5.74) is 0.841. The topological polar surface area (TPSA) is 102 Å². The summed E-state index contributed by atoms with van der Waals surface area (Å²) in [4.78, 5) is 35.2. The summed E-state index contributed by atoms with van der Waals surface area (Å²) >= 11 is 0. The molecule has 0 unspecified atom stereocenters. The first kappa shape index (κ1) is 12.6. The molecule has 1 saturated heterocycles. The van der Waals surface area contributed by atoms with Crippen LogP contribution in [0.5, 0.6) is 0 Å². The molecule has 4 amide bonds. The summed E-state index contributed by atoms with van der Waals surface area (Å²) in [7, 11) is 0. The lowest BCUT2D eigenvalue weighted by Gasteiger charge is -2.25. The third kappa shape index (κ3) is 3.07. The van der Waals surface area contributed by atoms with Crippen molar-refractivity contribution in [1.29, 1.82) is 5.26 Å². The van der Waals surface area contributed by atoms with E-state index >= 15 is 0 Å². The Bertz CT molecular complexity index is 575. The highest BCUT2D eigenvalue weighted by Crippen LogP contribution is 2.11. The largest absolute Gasteiger partial charge is 0.322 e. The molecule has 19 heavy (non-hydrogen) atoms. The van der Waals surface area contributed by atoms with Gasteiger partial charge in [0.25, 0.3) is 0 Å². The van der Waals surface area contributed by atoms with Crippen LogP contribution in [0.4, 0.5) is 10.5 Å². The number of hydrogen-bond acceptors (Lipinski definition) is 4. The molecule has 0 radical (unpaired) electrons. The molecule has 0 saturated carbocycles. The molecule has 1 heterocycles. The van der Waals surface area contributed by atoms with Crippen LogP contribution >= 0.6 is 0 Å². The maximum atomic E-state index is 11.9. The zero-order chi connectivity index (χ0) is 13.8. The second-order valence-electron chi connectivity index (χ2n) is 3.95. The number of nitrogens with one attached hydrogen (secondary N) is 2. The minimum absolute atomic E-state index is 0.171. The van der Waals surface area contributed by atoms with Crippen LogP contribution in [0.3, 0.4) is 0 Å². The molecule has 2 N–H and O–H groups in total. The van der Waals surface area contributed by atoms with Gasteiger partial charge in [0.05, 0.1) is 11.6 Å². The molecule has 2 rings (SSSR count). The highest BCUT2D eigenvalue weighted by Gasteiger charge is 2.26. The second kappa shape index (κ2) is 5.18. The van der Waals surface area contributed by atoms with Crippen molar-refractivity contribution in [1.82, 2.24) is 10.2 Å². The number of rotatable bonds is 1. The van der Waals surface area contributed by atoms with Crippen LogP contribution in [0.1, 0.15) is 5.56 Å². The van der Waals surface area contributed by atoms with E-state index in [1.165, 1.54) is 6.07 Å². The van der Waals surface area contributed by atoms with E-state index in [0.29, 0.717) is 11.3 Å². The van der Waals surface area contributed by atoms with Crippen LogP contribution in [0, 0.1) is 11.3 Å². The van der Waals surface area contributed by atoms with Crippen LogP contribution < -0.4 is 10.6 Å². The SMILES string of the molecule is N#Cc1cccc(NC(=O)N2CC(=O)NC(=O)C2)c1. The summed E-state index contributed by atoms with van der Waals surface area (Å²) in [6.07, 6.45) is 0. The first-order chi connectivity index (χ1) is 9.08. The molecule has 1 aromatic carbocycles. The summed E-state index contributed by atoms with van der Waals surface area (Å²) < 4.78 is 0. The third-order valence-electron chi connectivity index (χ3n) is 2.48. The molecule has 0 atom stereocenters. The van der Waals surface area contributed by atoms with E-state index in [9.17, 15) is 14.4 Å². The van der Waals surface area contributed by atoms with Gasteiger partial charge in [-0.1, -0.05) is 6.07 Å². The average molecular weight is 258 g/mol. The van der Waals surface area contributed by atoms with E-state index in [2.05, 4.69) is 10.6 Å². The zero-order valence-electron chi connectivity index (χ0n) is 9.84. The maximum Gasteiger partial charge on any atom is 0.322 e. The number of amides is 4. The van der Waals surface area contributed by atoms with E-state index < -0.39 is 17.8 Å². The van der Waals surface area contributed by atoms with E-state index in [-0.39, 0.29) is 13.1 Å². The first-order valence-corrected chi connectivity index (χ1v) is 5.47. The molecule has 7 heteroatoms. The molecule has 0 aromatic heterocycles. The number of nitrogens with zero attached hydrogens (tertiary/aromatic N) is 2. The number of urea groups is 1. The van der Waals surface area contributed by atoms with Gasteiger partial charge in [-0.15, -0.1) is 0 Å². The number of anilines is 1. The van der Waals surface area contributed by atoms with Crippen molar-refractivity contribution in [2.75, 3.05) is 18.4 Å². The Kier molecular flexibility index (Phi) is 3.43. The minimum atomic E-state index is -0.557. The number of nitriles is 1. The second-order valence-corrected chi connectivity index (χ2v) is 3.95. The van der Waals surface area contributed by atoms with Crippen molar-refractivity contribution in [2.24, 2.45) is 0 Å². The molecule has 7 nitrogen and oxygen atoms in total. The van der Waals surface area contributed by atoms with Gasteiger partial charge in [-0.2, -0.15) is 5.26 Å². The Morgan fingerprint density at radius 1 is 1.32 bits per heavy atom. The monoisotopic (exact) mass is 258 g/mol. The predicted molar refractivity (Wildman–Crippen MR) is 64.9 cm³/mol. The van der Waals surface area contributed by atoms with E-state index in [0.717, 1.165) is 4.90 Å². The van der Waals surface area contributed by atoms with Crippen LogP contribution in [-0.2, 0) is 9.59 Å². The first-order valence-electron chi connectivity index (χ1n) is 5.47. The normalized spacial score (nSPS) is 14.6. The van der Waals surface area contributed by atoms with Crippen LogP contribution in [0.25, 0.3) is 0 Å². The number of piperazine rings is 1. The number of hydrogen-bond donors (Lipinski definition) is 2. The zero-order valence-corrected chi connectivity index (χ0v) is 9.84. The third-order valence-corrected chi connectivity index (χ3v) is 2.48. The Morgan fingerprint density at radius 3 is 2.63 bits per heavy atom. The van der Waals surface area contributed by atoms with Crippen molar-refractivity contribution in [3.8, 4) is 6.07 Å². The molecule has 0 bridgehead atoms. The fourth-order valence-corrected chi connectivity index (χ4v) is 1.65. The molecular weight excluding hydrogens is 248 g/mol. The fourth-order valence-electron chi connectivity index (χ4n) is 1.65. The molecular formula is C12H10N4O3. The van der Waals surface area contributed by atoms with E-state index in [1.807, 2.05) is 6.07 Å². The number of carbonyl (C=O) groups excluding carboxylic acids is 3. The highest BCUT2D eigenvalue weighted by atomic mass is 16.2. The van der Waals surface area contributed by atoms with Gasteiger partial charge in [0, 0.05) is 5.69 Å². The molecule has 0 aliphatic carbocycles. The highest BCUT2D eigenvalue weighted by molar-refractivity contribution is 6.04. The van der Waals surface area contributed by atoms with Gasteiger partial charge >= 0.3 is 6.03 Å². The molecule has 1 aromatic rings. The standard InChI is InChI=1S/C12H10N4O3/c13-5-8-2-1-3-9(4-8)14-12(19)16-6-10(17)15-11(18)7-16/h1-4H,6-7H2,(H,14,19)(H,15,17,18). The van der Waals surface area contributed by atoms with E-state index in [4.69, 9.17) is 5.26 Å². The van der Waals surface area contributed by atoms with Crippen molar-refractivity contribution in [2.45, 2.75) is 0 Å². The Morgan fingerprint density at radius 2 is 2.00 bits per heavy atom. The quantitative estimate of drug-likeness (QED) is 0.694.